The molecule has 1 aromatic rings. The number of aliphatic imine (C=N–C) groups is 1. The molecule has 0 aliphatic carbocycles. The molecule has 1 N–H and O–H groups in total. The molecule has 20 heavy (non-hydrogen) atoms. The van der Waals surface area contributed by atoms with E-state index in [2.05, 4.69) is 10.4 Å². The molecule has 0 unspecified atom stereocenters. The summed E-state index contributed by atoms with van der Waals surface area (Å²) in [6, 6.07) is 3.11. The Balaban J connectivity index is 2.24. The summed E-state index contributed by atoms with van der Waals surface area (Å²) in [5.74, 6) is 0.0516. The van der Waals surface area contributed by atoms with E-state index in [1.807, 2.05) is 13.8 Å². The Labute approximate surface area is 125 Å². The molecule has 0 atom stereocenters. The first kappa shape index (κ1) is 15.1. The van der Waals surface area contributed by atoms with E-state index in [1.54, 1.807) is 6.07 Å². The van der Waals surface area contributed by atoms with E-state index in [0.29, 0.717) is 21.5 Å². The van der Waals surface area contributed by atoms with Crippen molar-refractivity contribution in [3.8, 4) is 5.75 Å². The van der Waals surface area contributed by atoms with Crippen LogP contribution in [0.5, 0.6) is 5.75 Å². The number of benzene rings is 1. The highest BCUT2D eigenvalue weighted by molar-refractivity contribution is 6.37. The Morgan fingerprint density at radius 2 is 2.00 bits per heavy atom. The van der Waals surface area contributed by atoms with Crippen molar-refractivity contribution in [3.05, 3.63) is 22.2 Å². The van der Waals surface area contributed by atoms with E-state index >= 15 is 0 Å². The maximum atomic E-state index is 12.5. The Morgan fingerprint density at radius 3 is 2.55 bits per heavy atom. The Morgan fingerprint density at radius 1 is 1.30 bits per heavy atom. The summed E-state index contributed by atoms with van der Waals surface area (Å²) in [4.78, 5) is 3.70. The lowest BCUT2D eigenvalue weighted by atomic mass is 10.3. The molecule has 8 heteroatoms. The second kappa shape index (κ2) is 6.01. The number of amidine groups is 1. The third kappa shape index (κ3) is 3.24. The van der Waals surface area contributed by atoms with E-state index in [-0.39, 0.29) is 18.6 Å². The zero-order valence-corrected chi connectivity index (χ0v) is 12.3. The molecule has 1 aliphatic rings. The topological polar surface area (TPSA) is 36.9 Å². The van der Waals surface area contributed by atoms with Crippen LogP contribution in [0.15, 0.2) is 17.1 Å². The van der Waals surface area contributed by atoms with Gasteiger partial charge in [-0.05, 0) is 19.9 Å². The van der Waals surface area contributed by atoms with Crippen molar-refractivity contribution in [1.29, 1.82) is 0 Å². The van der Waals surface area contributed by atoms with E-state index < -0.39 is 6.43 Å². The standard InChI is InChI=1S/C12H13Cl2F2N3O/c1-6(2)20-10-4-9(7(13)3-8(10)14)19-5-17-12(18-19)11(15)16/h3-4,6,11H,5H2,1-2H3,(H,17,18). The molecule has 0 saturated heterocycles. The molecular weight excluding hydrogens is 311 g/mol. The highest BCUT2D eigenvalue weighted by atomic mass is 35.5. The number of hydrogen-bond acceptors (Lipinski definition) is 4. The number of nitrogens with one attached hydrogen (secondary N) is 1. The van der Waals surface area contributed by atoms with Gasteiger partial charge in [-0.15, -0.1) is 0 Å². The average molecular weight is 324 g/mol. The van der Waals surface area contributed by atoms with Crippen molar-refractivity contribution in [1.82, 2.24) is 5.43 Å². The van der Waals surface area contributed by atoms with Gasteiger partial charge in [-0.2, -0.15) is 0 Å². The fraction of sp³-hybridized carbons (Fsp3) is 0.417. The largest absolute Gasteiger partial charge is 0.489 e. The van der Waals surface area contributed by atoms with Gasteiger partial charge in [-0.25, -0.2) is 13.8 Å². The smallest absolute Gasteiger partial charge is 0.296 e. The minimum absolute atomic E-state index is 0.0438. The van der Waals surface area contributed by atoms with Gasteiger partial charge in [0, 0.05) is 6.07 Å². The van der Waals surface area contributed by atoms with Crippen LogP contribution in [0, 0.1) is 0 Å². The van der Waals surface area contributed by atoms with Crippen molar-refractivity contribution in [2.24, 2.45) is 4.99 Å². The van der Waals surface area contributed by atoms with Crippen LogP contribution in [0.3, 0.4) is 0 Å². The van der Waals surface area contributed by atoms with Crippen LogP contribution in [-0.4, -0.2) is 25.0 Å². The lowest BCUT2D eigenvalue weighted by molar-refractivity contribution is 0.222. The van der Waals surface area contributed by atoms with Gasteiger partial charge >= 0.3 is 0 Å². The summed E-state index contributed by atoms with van der Waals surface area (Å²) in [7, 11) is 0. The van der Waals surface area contributed by atoms with E-state index in [0.717, 1.165) is 0 Å². The first-order valence-corrected chi connectivity index (χ1v) is 6.66. The van der Waals surface area contributed by atoms with Gasteiger partial charge in [0.1, 0.15) is 12.4 Å². The minimum atomic E-state index is -2.66. The number of hydrazine groups is 1. The quantitative estimate of drug-likeness (QED) is 0.917. The van der Waals surface area contributed by atoms with Crippen molar-refractivity contribution < 1.29 is 13.5 Å². The van der Waals surface area contributed by atoms with Crippen LogP contribution in [0.2, 0.25) is 10.0 Å². The van der Waals surface area contributed by atoms with Gasteiger partial charge in [0.15, 0.2) is 5.84 Å². The van der Waals surface area contributed by atoms with Gasteiger partial charge in [-0.1, -0.05) is 23.2 Å². The second-order valence-corrected chi connectivity index (χ2v) is 5.24. The SMILES string of the molecule is CC(C)Oc1cc(N2CN=C(C(F)F)N2)c(Cl)cc1Cl. The van der Waals surface area contributed by atoms with Crippen LogP contribution in [0.4, 0.5) is 14.5 Å². The number of alkyl halides is 2. The number of nitrogens with zero attached hydrogens (tertiary/aromatic N) is 2. The summed E-state index contributed by atoms with van der Waals surface area (Å²) in [6.45, 7) is 3.76. The normalized spacial score (nSPS) is 14.8. The van der Waals surface area contributed by atoms with Crippen LogP contribution in [0.1, 0.15) is 13.8 Å². The highest BCUT2D eigenvalue weighted by Gasteiger charge is 2.24. The van der Waals surface area contributed by atoms with Crippen molar-refractivity contribution >= 4 is 34.7 Å². The van der Waals surface area contributed by atoms with Gasteiger partial charge in [0.2, 0.25) is 0 Å². The lowest BCUT2D eigenvalue weighted by Crippen LogP contribution is -2.39. The first-order chi connectivity index (χ1) is 9.38. The predicted octanol–water partition coefficient (Wildman–Crippen LogP) is 3.73. The molecule has 0 spiro atoms. The minimum Gasteiger partial charge on any atom is -0.489 e. The number of ether oxygens (including phenoxy) is 1. The molecule has 0 aromatic heterocycles. The number of hydrogen-bond donors (Lipinski definition) is 1. The number of rotatable bonds is 4. The molecule has 0 bridgehead atoms. The van der Waals surface area contributed by atoms with Crippen LogP contribution in [-0.2, 0) is 0 Å². The fourth-order valence-corrected chi connectivity index (χ4v) is 2.21. The predicted molar refractivity (Wildman–Crippen MR) is 76.1 cm³/mol. The molecule has 0 radical (unpaired) electrons. The zero-order chi connectivity index (χ0) is 14.9. The maximum absolute atomic E-state index is 12.5. The number of halogens is 4. The van der Waals surface area contributed by atoms with Gasteiger partial charge in [0.25, 0.3) is 6.43 Å². The molecule has 1 aromatic carbocycles. The van der Waals surface area contributed by atoms with E-state index in [9.17, 15) is 8.78 Å². The molecular formula is C12H13Cl2F2N3O. The third-order valence-corrected chi connectivity index (χ3v) is 3.09. The fourth-order valence-electron chi connectivity index (χ4n) is 1.68. The van der Waals surface area contributed by atoms with Crippen molar-refractivity contribution in [2.45, 2.75) is 26.4 Å². The summed E-state index contributed by atoms with van der Waals surface area (Å²) in [6.07, 6.45) is -2.72. The summed E-state index contributed by atoms with van der Waals surface area (Å²) < 4.78 is 30.6. The Bertz CT molecular complexity index is 538. The maximum Gasteiger partial charge on any atom is 0.296 e. The van der Waals surface area contributed by atoms with E-state index in [1.165, 1.54) is 11.1 Å². The third-order valence-electron chi connectivity index (χ3n) is 2.49. The van der Waals surface area contributed by atoms with Crippen molar-refractivity contribution in [2.75, 3.05) is 11.7 Å². The highest BCUT2D eigenvalue weighted by Crippen LogP contribution is 2.36. The van der Waals surface area contributed by atoms with Gasteiger partial charge in [-0.3, -0.25) is 10.4 Å². The molecule has 110 valence electrons. The number of anilines is 1. The summed E-state index contributed by atoms with van der Waals surface area (Å²) in [5, 5.41) is 2.10. The average Bonchev–Trinajstić information content (AvgIpc) is 2.81. The zero-order valence-electron chi connectivity index (χ0n) is 10.8. The van der Waals surface area contributed by atoms with Crippen molar-refractivity contribution in [3.63, 3.8) is 0 Å². The van der Waals surface area contributed by atoms with Crippen LogP contribution < -0.4 is 15.2 Å². The lowest BCUT2D eigenvalue weighted by Gasteiger charge is -2.21. The molecule has 1 heterocycles. The van der Waals surface area contributed by atoms with Gasteiger partial charge in [0.05, 0.1) is 21.8 Å². The molecule has 0 fully saturated rings. The Kier molecular flexibility index (Phi) is 4.55. The van der Waals surface area contributed by atoms with Gasteiger partial charge < -0.3 is 4.74 Å². The molecule has 1 aliphatic heterocycles. The molecule has 2 rings (SSSR count). The van der Waals surface area contributed by atoms with E-state index in [4.69, 9.17) is 27.9 Å². The van der Waals surface area contributed by atoms with Crippen LogP contribution in [0.25, 0.3) is 0 Å². The molecule has 0 amide bonds. The second-order valence-electron chi connectivity index (χ2n) is 4.43. The monoisotopic (exact) mass is 323 g/mol. The summed E-state index contributed by atoms with van der Waals surface area (Å²) >= 11 is 12.1. The Hall–Kier alpha value is -1.27. The first-order valence-electron chi connectivity index (χ1n) is 5.91. The summed E-state index contributed by atoms with van der Waals surface area (Å²) in [5.41, 5.74) is 2.98. The van der Waals surface area contributed by atoms with Crippen LogP contribution >= 0.6 is 23.2 Å². The molecule has 0 saturated carbocycles. The molecule has 4 nitrogen and oxygen atoms in total.